The van der Waals surface area contributed by atoms with Gasteiger partial charge in [0, 0.05) is 37.5 Å². The number of aryl methyl sites for hydroxylation is 1. The van der Waals surface area contributed by atoms with Gasteiger partial charge in [0.25, 0.3) is 0 Å². The minimum atomic E-state index is 0.804. The highest BCUT2D eigenvalue weighted by atomic mass is 16.5. The Labute approximate surface area is 100 Å². The second-order valence-electron chi connectivity index (χ2n) is 4.18. The van der Waals surface area contributed by atoms with E-state index in [2.05, 4.69) is 40.4 Å². The summed E-state index contributed by atoms with van der Waals surface area (Å²) in [6, 6.07) is 4.22. The predicted octanol–water partition coefficient (Wildman–Crippen LogP) is 1.13. The average molecular weight is 232 g/mol. The number of hydrogen-bond acceptors (Lipinski definition) is 4. The summed E-state index contributed by atoms with van der Waals surface area (Å²) in [4.78, 5) is 2.32. The Morgan fingerprint density at radius 3 is 2.88 bits per heavy atom. The van der Waals surface area contributed by atoms with Crippen LogP contribution >= 0.6 is 0 Å². The Balaban J connectivity index is 1.95. The first-order chi connectivity index (χ1) is 8.38. The van der Waals surface area contributed by atoms with Crippen molar-refractivity contribution in [2.45, 2.75) is 13.3 Å². The second-order valence-corrected chi connectivity index (χ2v) is 4.18. The van der Waals surface area contributed by atoms with Gasteiger partial charge in [-0.2, -0.15) is 0 Å². The van der Waals surface area contributed by atoms with E-state index in [0.717, 1.165) is 44.2 Å². The van der Waals surface area contributed by atoms with Gasteiger partial charge in [0.1, 0.15) is 5.82 Å². The van der Waals surface area contributed by atoms with Crippen LogP contribution in [0.15, 0.2) is 18.3 Å². The number of rotatable bonds is 2. The molecule has 0 radical (unpaired) electrons. The summed E-state index contributed by atoms with van der Waals surface area (Å²) in [7, 11) is 0. The zero-order chi connectivity index (χ0) is 11.7. The molecule has 17 heavy (non-hydrogen) atoms. The van der Waals surface area contributed by atoms with E-state index in [0.29, 0.717) is 0 Å². The van der Waals surface area contributed by atoms with Crippen LogP contribution < -0.4 is 4.90 Å². The van der Waals surface area contributed by atoms with Gasteiger partial charge in [-0.3, -0.25) is 4.40 Å². The molecule has 1 aliphatic heterocycles. The molecule has 1 fully saturated rings. The molecule has 0 unspecified atom stereocenters. The fourth-order valence-electron chi connectivity index (χ4n) is 2.19. The third-order valence-electron chi connectivity index (χ3n) is 3.16. The van der Waals surface area contributed by atoms with E-state index in [4.69, 9.17) is 4.74 Å². The van der Waals surface area contributed by atoms with Gasteiger partial charge in [-0.1, -0.05) is 6.92 Å². The molecule has 1 aliphatic rings. The molecule has 2 aromatic rings. The number of fused-ring (bicyclic) bond motifs is 1. The van der Waals surface area contributed by atoms with Crippen LogP contribution in [0.3, 0.4) is 0 Å². The number of pyridine rings is 1. The van der Waals surface area contributed by atoms with Crippen molar-refractivity contribution in [1.29, 1.82) is 0 Å². The van der Waals surface area contributed by atoms with Crippen LogP contribution in [0.4, 0.5) is 5.69 Å². The lowest BCUT2D eigenvalue weighted by Crippen LogP contribution is -2.36. The number of aromatic nitrogens is 3. The van der Waals surface area contributed by atoms with Gasteiger partial charge < -0.3 is 9.64 Å². The van der Waals surface area contributed by atoms with Crippen molar-refractivity contribution in [2.24, 2.45) is 0 Å². The third-order valence-corrected chi connectivity index (χ3v) is 3.16. The first kappa shape index (κ1) is 10.5. The highest BCUT2D eigenvalue weighted by Gasteiger charge is 2.12. The first-order valence-corrected chi connectivity index (χ1v) is 6.05. The summed E-state index contributed by atoms with van der Waals surface area (Å²) < 4.78 is 7.40. The van der Waals surface area contributed by atoms with Crippen LogP contribution in [0, 0.1) is 0 Å². The minimum absolute atomic E-state index is 0.804. The fourth-order valence-corrected chi connectivity index (χ4v) is 2.19. The molecule has 5 nitrogen and oxygen atoms in total. The molecule has 0 bridgehead atoms. The first-order valence-electron chi connectivity index (χ1n) is 6.05. The van der Waals surface area contributed by atoms with E-state index < -0.39 is 0 Å². The molecule has 5 heteroatoms. The molecule has 2 aromatic heterocycles. The topological polar surface area (TPSA) is 42.7 Å². The summed E-state index contributed by atoms with van der Waals surface area (Å²) >= 11 is 0. The molecule has 0 aromatic carbocycles. The normalized spacial score (nSPS) is 16.6. The maximum atomic E-state index is 5.36. The van der Waals surface area contributed by atoms with Gasteiger partial charge in [0.15, 0.2) is 5.65 Å². The maximum absolute atomic E-state index is 5.36. The summed E-state index contributed by atoms with van der Waals surface area (Å²) in [5, 5.41) is 8.37. The molecule has 0 spiro atoms. The molecule has 0 atom stereocenters. The van der Waals surface area contributed by atoms with E-state index in [-0.39, 0.29) is 0 Å². The van der Waals surface area contributed by atoms with Crippen molar-refractivity contribution in [3.8, 4) is 0 Å². The molecule has 0 saturated carbocycles. The molecule has 1 saturated heterocycles. The molecule has 0 N–H and O–H groups in total. The van der Waals surface area contributed by atoms with E-state index in [1.807, 2.05) is 4.40 Å². The summed E-state index contributed by atoms with van der Waals surface area (Å²) in [5.74, 6) is 1.01. The summed E-state index contributed by atoms with van der Waals surface area (Å²) in [6.07, 6.45) is 2.96. The number of nitrogens with zero attached hydrogens (tertiary/aromatic N) is 4. The fraction of sp³-hybridized carbons (Fsp3) is 0.500. The number of anilines is 1. The monoisotopic (exact) mass is 232 g/mol. The van der Waals surface area contributed by atoms with E-state index in [1.54, 1.807) is 0 Å². The van der Waals surface area contributed by atoms with Crippen molar-refractivity contribution in [2.75, 3.05) is 31.2 Å². The minimum Gasteiger partial charge on any atom is -0.378 e. The Morgan fingerprint density at radius 1 is 1.29 bits per heavy atom. The smallest absolute Gasteiger partial charge is 0.162 e. The van der Waals surface area contributed by atoms with Gasteiger partial charge in [-0.05, 0) is 6.07 Å². The lowest BCUT2D eigenvalue weighted by atomic mass is 10.3. The van der Waals surface area contributed by atoms with E-state index >= 15 is 0 Å². The predicted molar refractivity (Wildman–Crippen MR) is 65.4 cm³/mol. The van der Waals surface area contributed by atoms with Gasteiger partial charge in [0.05, 0.1) is 13.2 Å². The van der Waals surface area contributed by atoms with Crippen LogP contribution in [-0.2, 0) is 11.2 Å². The Hall–Kier alpha value is -1.62. The Bertz CT molecular complexity index is 516. The summed E-state index contributed by atoms with van der Waals surface area (Å²) in [6.45, 7) is 5.60. The number of ether oxygens (including phenoxy) is 1. The van der Waals surface area contributed by atoms with Gasteiger partial charge in [0.2, 0.25) is 0 Å². The zero-order valence-electron chi connectivity index (χ0n) is 9.96. The third kappa shape index (κ3) is 1.86. The maximum Gasteiger partial charge on any atom is 0.162 e. The molecular formula is C12H16N4O. The number of hydrogen-bond donors (Lipinski definition) is 0. The molecule has 0 aliphatic carbocycles. The van der Waals surface area contributed by atoms with Crippen molar-refractivity contribution in [1.82, 2.24) is 14.6 Å². The zero-order valence-corrected chi connectivity index (χ0v) is 9.96. The lowest BCUT2D eigenvalue weighted by molar-refractivity contribution is 0.122. The Morgan fingerprint density at radius 2 is 2.12 bits per heavy atom. The Kier molecular flexibility index (Phi) is 2.68. The van der Waals surface area contributed by atoms with Gasteiger partial charge >= 0.3 is 0 Å². The largest absolute Gasteiger partial charge is 0.378 e. The van der Waals surface area contributed by atoms with Crippen LogP contribution in [0.5, 0.6) is 0 Å². The molecule has 3 heterocycles. The van der Waals surface area contributed by atoms with Crippen molar-refractivity contribution in [3.63, 3.8) is 0 Å². The average Bonchev–Trinajstić information content (AvgIpc) is 2.81. The molecule has 90 valence electrons. The molecule has 3 rings (SSSR count). The van der Waals surface area contributed by atoms with Crippen LogP contribution in [0.2, 0.25) is 0 Å². The van der Waals surface area contributed by atoms with Gasteiger partial charge in [-0.15, -0.1) is 10.2 Å². The van der Waals surface area contributed by atoms with Crippen LogP contribution in [0.1, 0.15) is 12.7 Å². The van der Waals surface area contributed by atoms with E-state index in [1.165, 1.54) is 5.69 Å². The lowest BCUT2D eigenvalue weighted by Gasteiger charge is -2.28. The van der Waals surface area contributed by atoms with Crippen LogP contribution in [0.25, 0.3) is 5.65 Å². The van der Waals surface area contributed by atoms with Gasteiger partial charge in [-0.25, -0.2) is 0 Å². The van der Waals surface area contributed by atoms with Crippen LogP contribution in [-0.4, -0.2) is 40.9 Å². The summed E-state index contributed by atoms with van der Waals surface area (Å²) in [5.41, 5.74) is 2.13. The molecular weight excluding hydrogens is 216 g/mol. The SMILES string of the molecule is CCc1nnc2cc(N3CCOCC3)ccn12. The highest BCUT2D eigenvalue weighted by molar-refractivity contribution is 5.56. The van der Waals surface area contributed by atoms with Crippen molar-refractivity contribution >= 4 is 11.3 Å². The highest BCUT2D eigenvalue weighted by Crippen LogP contribution is 2.18. The van der Waals surface area contributed by atoms with Crippen molar-refractivity contribution < 1.29 is 4.74 Å². The standard InChI is InChI=1S/C12H16N4O/c1-2-11-13-14-12-9-10(3-4-16(11)12)15-5-7-17-8-6-15/h3-4,9H,2,5-8H2,1H3. The number of morpholine rings is 1. The quantitative estimate of drug-likeness (QED) is 0.778. The van der Waals surface area contributed by atoms with Crippen molar-refractivity contribution in [3.05, 3.63) is 24.2 Å². The molecule has 0 amide bonds. The second kappa shape index (κ2) is 4.33. The van der Waals surface area contributed by atoms with E-state index in [9.17, 15) is 0 Å².